The maximum Gasteiger partial charge on any atom is 0.328 e. The highest BCUT2D eigenvalue weighted by Crippen LogP contribution is 2.34. The van der Waals surface area contributed by atoms with Gasteiger partial charge in [-0.3, -0.25) is 14.5 Å². The minimum absolute atomic E-state index is 0.166. The summed E-state index contributed by atoms with van der Waals surface area (Å²) in [5.74, 6) is 1.87. The third-order valence-corrected chi connectivity index (χ3v) is 5.04. The molecule has 1 aliphatic rings. The van der Waals surface area contributed by atoms with Crippen LogP contribution in [0.4, 0.5) is 4.79 Å². The fourth-order valence-electron chi connectivity index (χ4n) is 2.08. The van der Waals surface area contributed by atoms with Crippen LogP contribution in [0.1, 0.15) is 12.5 Å². The molecule has 1 atom stereocenters. The molecule has 2 rings (SSSR count). The second-order valence-corrected chi connectivity index (χ2v) is 7.09. The molecule has 1 aliphatic heterocycles. The standard InChI is InChI=1S/C17H14INO5S/c1-4-7-24-13-6-5-11(8-12(13)18)9-14-15(20)19(17(22)25-14)10(2)16(21)23-3/h1,5-6,8-10H,7H2,2-3H3/b14-9+/t10-/m1/s1. The van der Waals surface area contributed by atoms with E-state index < -0.39 is 23.2 Å². The van der Waals surface area contributed by atoms with E-state index in [0.29, 0.717) is 5.75 Å². The quantitative estimate of drug-likeness (QED) is 0.285. The van der Waals surface area contributed by atoms with Crippen LogP contribution in [0, 0.1) is 15.9 Å². The highest BCUT2D eigenvalue weighted by molar-refractivity contribution is 14.1. The van der Waals surface area contributed by atoms with Crippen LogP contribution in [-0.4, -0.2) is 41.8 Å². The number of hydrogen-bond donors (Lipinski definition) is 0. The summed E-state index contributed by atoms with van der Waals surface area (Å²) in [4.78, 5) is 37.2. The highest BCUT2D eigenvalue weighted by Gasteiger charge is 2.41. The maximum atomic E-state index is 12.4. The number of hydrogen-bond acceptors (Lipinski definition) is 6. The van der Waals surface area contributed by atoms with Crippen LogP contribution in [0.2, 0.25) is 0 Å². The number of terminal acetylenes is 1. The molecule has 8 heteroatoms. The van der Waals surface area contributed by atoms with E-state index in [9.17, 15) is 14.4 Å². The topological polar surface area (TPSA) is 72.9 Å². The van der Waals surface area contributed by atoms with Gasteiger partial charge in [-0.1, -0.05) is 12.0 Å². The number of esters is 1. The first-order chi connectivity index (χ1) is 11.9. The van der Waals surface area contributed by atoms with E-state index in [-0.39, 0.29) is 11.5 Å². The van der Waals surface area contributed by atoms with Gasteiger partial charge in [0, 0.05) is 0 Å². The number of amides is 2. The molecule has 0 aromatic heterocycles. The zero-order valence-electron chi connectivity index (χ0n) is 13.4. The lowest BCUT2D eigenvalue weighted by Crippen LogP contribution is -2.42. The fourth-order valence-corrected chi connectivity index (χ4v) is 3.69. The minimum Gasteiger partial charge on any atom is -0.480 e. The average Bonchev–Trinajstić information content (AvgIpc) is 2.86. The molecule has 0 spiro atoms. The van der Waals surface area contributed by atoms with Crippen molar-refractivity contribution >= 4 is 57.5 Å². The van der Waals surface area contributed by atoms with Gasteiger partial charge in [-0.15, -0.1) is 6.42 Å². The van der Waals surface area contributed by atoms with Gasteiger partial charge in [-0.2, -0.15) is 0 Å². The third-order valence-electron chi connectivity index (χ3n) is 3.32. The second kappa shape index (κ2) is 8.40. The van der Waals surface area contributed by atoms with Gasteiger partial charge in [0.15, 0.2) is 0 Å². The maximum absolute atomic E-state index is 12.4. The summed E-state index contributed by atoms with van der Waals surface area (Å²) < 4.78 is 10.8. The lowest BCUT2D eigenvalue weighted by Gasteiger charge is -2.18. The Hall–Kier alpha value is -1.99. The van der Waals surface area contributed by atoms with Crippen molar-refractivity contribution < 1.29 is 23.9 Å². The Labute approximate surface area is 163 Å². The number of imide groups is 1. The number of ether oxygens (including phenoxy) is 2. The molecule has 0 aliphatic carbocycles. The number of carbonyl (C=O) groups is 3. The van der Waals surface area contributed by atoms with Crippen LogP contribution in [0.25, 0.3) is 6.08 Å². The Morgan fingerprint density at radius 1 is 1.48 bits per heavy atom. The molecule has 1 aromatic carbocycles. The minimum atomic E-state index is -0.969. The number of benzene rings is 1. The summed E-state index contributed by atoms with van der Waals surface area (Å²) in [6, 6.07) is 4.34. The molecule has 0 unspecified atom stereocenters. The molecule has 1 aromatic rings. The fraction of sp³-hybridized carbons (Fsp3) is 0.235. The van der Waals surface area contributed by atoms with E-state index in [4.69, 9.17) is 11.2 Å². The monoisotopic (exact) mass is 471 g/mol. The van der Waals surface area contributed by atoms with Gasteiger partial charge < -0.3 is 9.47 Å². The molecule has 1 saturated heterocycles. The first-order valence-corrected chi connectivity index (χ1v) is 8.99. The van der Waals surface area contributed by atoms with E-state index in [0.717, 1.165) is 25.8 Å². The van der Waals surface area contributed by atoms with Gasteiger partial charge in [0.2, 0.25) is 0 Å². The smallest absolute Gasteiger partial charge is 0.328 e. The number of rotatable bonds is 5. The Morgan fingerprint density at radius 2 is 2.20 bits per heavy atom. The first-order valence-electron chi connectivity index (χ1n) is 7.09. The van der Waals surface area contributed by atoms with Gasteiger partial charge in [0.25, 0.3) is 11.1 Å². The summed E-state index contributed by atoms with van der Waals surface area (Å²) in [6.45, 7) is 1.62. The SMILES string of the molecule is C#CCOc1ccc(/C=C2/SC(=O)N([C@H](C)C(=O)OC)C2=O)cc1I. The van der Waals surface area contributed by atoms with Crippen LogP contribution in [-0.2, 0) is 14.3 Å². The second-order valence-electron chi connectivity index (χ2n) is 4.93. The molecular weight excluding hydrogens is 457 g/mol. The van der Waals surface area contributed by atoms with Gasteiger partial charge in [-0.05, 0) is 65.0 Å². The van der Waals surface area contributed by atoms with Crippen molar-refractivity contribution in [3.05, 3.63) is 32.2 Å². The summed E-state index contributed by atoms with van der Waals surface area (Å²) in [5, 5.41) is -0.502. The summed E-state index contributed by atoms with van der Waals surface area (Å²) in [7, 11) is 1.21. The van der Waals surface area contributed by atoms with Crippen molar-refractivity contribution in [2.45, 2.75) is 13.0 Å². The summed E-state index contributed by atoms with van der Waals surface area (Å²) >= 11 is 2.88. The highest BCUT2D eigenvalue weighted by atomic mass is 127. The van der Waals surface area contributed by atoms with Gasteiger partial charge in [0.1, 0.15) is 18.4 Å². The molecule has 1 fully saturated rings. The molecular formula is C17H14INO5S. The van der Waals surface area contributed by atoms with Crippen molar-refractivity contribution in [1.29, 1.82) is 0 Å². The van der Waals surface area contributed by atoms with Crippen LogP contribution in [0.15, 0.2) is 23.1 Å². The summed E-state index contributed by atoms with van der Waals surface area (Å²) in [6.07, 6.45) is 6.76. The molecule has 0 bridgehead atoms. The number of carbonyl (C=O) groups excluding carboxylic acids is 3. The zero-order chi connectivity index (χ0) is 18.6. The predicted octanol–water partition coefficient (Wildman–Crippen LogP) is 2.90. The van der Waals surface area contributed by atoms with Crippen molar-refractivity contribution in [2.24, 2.45) is 0 Å². The van der Waals surface area contributed by atoms with Crippen molar-refractivity contribution in [1.82, 2.24) is 4.90 Å². The Bertz CT molecular complexity index is 799. The van der Waals surface area contributed by atoms with E-state index in [2.05, 4.69) is 33.2 Å². The van der Waals surface area contributed by atoms with Gasteiger partial charge in [0.05, 0.1) is 15.6 Å². The number of thioether (sulfide) groups is 1. The van der Waals surface area contributed by atoms with E-state index in [1.807, 2.05) is 6.07 Å². The van der Waals surface area contributed by atoms with Crippen LogP contribution >= 0.6 is 34.4 Å². The Morgan fingerprint density at radius 3 is 2.80 bits per heavy atom. The average molecular weight is 471 g/mol. The largest absolute Gasteiger partial charge is 0.480 e. The number of nitrogens with zero attached hydrogens (tertiary/aromatic N) is 1. The van der Waals surface area contributed by atoms with Crippen molar-refractivity contribution in [2.75, 3.05) is 13.7 Å². The van der Waals surface area contributed by atoms with Crippen molar-refractivity contribution in [3.63, 3.8) is 0 Å². The van der Waals surface area contributed by atoms with Crippen LogP contribution < -0.4 is 4.74 Å². The molecule has 6 nitrogen and oxygen atoms in total. The van der Waals surface area contributed by atoms with E-state index in [1.165, 1.54) is 14.0 Å². The normalized spacial score (nSPS) is 16.7. The molecule has 1 heterocycles. The molecule has 2 amide bonds. The molecule has 25 heavy (non-hydrogen) atoms. The van der Waals surface area contributed by atoms with E-state index >= 15 is 0 Å². The summed E-state index contributed by atoms with van der Waals surface area (Å²) in [5.41, 5.74) is 0.730. The molecule has 0 N–H and O–H groups in total. The number of halogens is 1. The molecule has 130 valence electrons. The first kappa shape index (κ1) is 19.3. The predicted molar refractivity (Wildman–Crippen MR) is 103 cm³/mol. The van der Waals surface area contributed by atoms with E-state index in [1.54, 1.807) is 18.2 Å². The molecule has 0 radical (unpaired) electrons. The lowest BCUT2D eigenvalue weighted by atomic mass is 10.2. The third kappa shape index (κ3) is 4.35. The lowest BCUT2D eigenvalue weighted by molar-refractivity contribution is -0.148. The van der Waals surface area contributed by atoms with Gasteiger partial charge in [-0.25, -0.2) is 4.79 Å². The zero-order valence-corrected chi connectivity index (χ0v) is 16.4. The Balaban J connectivity index is 2.23. The van der Waals surface area contributed by atoms with Gasteiger partial charge >= 0.3 is 5.97 Å². The Kier molecular flexibility index (Phi) is 6.50. The molecule has 0 saturated carbocycles. The van der Waals surface area contributed by atoms with Crippen LogP contribution in [0.5, 0.6) is 5.75 Å². The van der Waals surface area contributed by atoms with Crippen LogP contribution in [0.3, 0.4) is 0 Å². The number of methoxy groups -OCH3 is 1. The van der Waals surface area contributed by atoms with Crippen molar-refractivity contribution in [3.8, 4) is 18.1 Å².